The Kier molecular flexibility index (Phi) is 5.25. The highest BCUT2D eigenvalue weighted by atomic mass is 16.2. The van der Waals surface area contributed by atoms with Gasteiger partial charge in [-0.25, -0.2) is 0 Å². The maximum Gasteiger partial charge on any atom is 0.225 e. The van der Waals surface area contributed by atoms with Crippen LogP contribution in [-0.2, 0) is 9.59 Å². The van der Waals surface area contributed by atoms with E-state index in [1.54, 1.807) is 6.92 Å². The fourth-order valence-electron chi connectivity index (χ4n) is 3.95. The third-order valence-electron chi connectivity index (χ3n) is 5.47. The van der Waals surface area contributed by atoms with Crippen molar-refractivity contribution in [1.82, 2.24) is 14.8 Å². The van der Waals surface area contributed by atoms with Crippen molar-refractivity contribution in [3.63, 3.8) is 0 Å². The minimum Gasteiger partial charge on any atom is -0.388 e. The van der Waals surface area contributed by atoms with Gasteiger partial charge in [0, 0.05) is 69.1 Å². The highest BCUT2D eigenvalue weighted by Gasteiger charge is 2.34. The second kappa shape index (κ2) is 7.42. The summed E-state index contributed by atoms with van der Waals surface area (Å²) in [5, 5.41) is 3.18. The Bertz CT molecular complexity index is 653. The summed E-state index contributed by atoms with van der Waals surface area (Å²) >= 11 is 0. The molecule has 0 aromatic carbocycles. The molecule has 3 rings (SSSR count). The van der Waals surface area contributed by atoms with Gasteiger partial charge in [-0.1, -0.05) is 0 Å². The zero-order chi connectivity index (χ0) is 18.0. The van der Waals surface area contributed by atoms with Crippen LogP contribution >= 0.6 is 0 Å². The van der Waals surface area contributed by atoms with E-state index in [0.717, 1.165) is 49.4 Å². The highest BCUT2D eigenvalue weighted by molar-refractivity contribution is 5.80. The molecule has 6 heteroatoms. The summed E-state index contributed by atoms with van der Waals surface area (Å²) in [5.41, 5.74) is 3.15. The van der Waals surface area contributed by atoms with E-state index >= 15 is 0 Å². The molecule has 0 bridgehead atoms. The summed E-state index contributed by atoms with van der Waals surface area (Å²) in [4.78, 5) is 32.8. The monoisotopic (exact) mass is 344 g/mol. The van der Waals surface area contributed by atoms with Crippen molar-refractivity contribution in [2.24, 2.45) is 5.92 Å². The van der Waals surface area contributed by atoms with E-state index in [1.165, 1.54) is 0 Å². The van der Waals surface area contributed by atoms with Crippen LogP contribution in [0.1, 0.15) is 43.5 Å². The van der Waals surface area contributed by atoms with Crippen molar-refractivity contribution in [3.8, 4) is 0 Å². The molecule has 2 aliphatic rings. The van der Waals surface area contributed by atoms with Gasteiger partial charge in [-0.2, -0.15) is 0 Å². The largest absolute Gasteiger partial charge is 0.388 e. The lowest BCUT2D eigenvalue weighted by molar-refractivity contribution is -0.139. The van der Waals surface area contributed by atoms with Gasteiger partial charge in [0.15, 0.2) is 0 Å². The van der Waals surface area contributed by atoms with Crippen molar-refractivity contribution in [2.75, 3.05) is 38.5 Å². The van der Waals surface area contributed by atoms with E-state index < -0.39 is 0 Å². The molecule has 0 radical (unpaired) electrons. The van der Waals surface area contributed by atoms with Gasteiger partial charge in [-0.3, -0.25) is 14.6 Å². The van der Waals surface area contributed by atoms with E-state index in [4.69, 9.17) is 0 Å². The molecule has 2 fully saturated rings. The molecular weight excluding hydrogens is 316 g/mol. The Morgan fingerprint density at radius 1 is 1.12 bits per heavy atom. The number of aryl methyl sites for hydroxylation is 1. The second-order valence-electron chi connectivity index (χ2n) is 7.22. The fraction of sp³-hybridized carbons (Fsp3) is 0.632. The molecule has 1 N–H and O–H groups in total. The number of aromatic nitrogens is 1. The predicted octanol–water partition coefficient (Wildman–Crippen LogP) is 2.01. The topological polar surface area (TPSA) is 65.5 Å². The molecule has 0 saturated carbocycles. The number of pyridine rings is 1. The van der Waals surface area contributed by atoms with Crippen LogP contribution in [0.3, 0.4) is 0 Å². The average Bonchev–Trinajstić information content (AvgIpc) is 3.10. The lowest BCUT2D eigenvalue weighted by Crippen LogP contribution is -2.43. The van der Waals surface area contributed by atoms with Gasteiger partial charge in [-0.05, 0) is 38.3 Å². The van der Waals surface area contributed by atoms with Gasteiger partial charge in [0.05, 0.1) is 0 Å². The number of piperidine rings is 1. The summed E-state index contributed by atoms with van der Waals surface area (Å²) in [5.74, 6) is 0.742. The first kappa shape index (κ1) is 17.7. The molecule has 1 atom stereocenters. The molecule has 25 heavy (non-hydrogen) atoms. The van der Waals surface area contributed by atoms with Crippen molar-refractivity contribution >= 4 is 17.5 Å². The lowest BCUT2D eigenvalue weighted by atomic mass is 9.95. The Balaban J connectivity index is 1.60. The van der Waals surface area contributed by atoms with Gasteiger partial charge in [0.1, 0.15) is 0 Å². The number of anilines is 1. The smallest absolute Gasteiger partial charge is 0.225 e. The van der Waals surface area contributed by atoms with E-state index in [2.05, 4.69) is 16.4 Å². The molecule has 1 aromatic heterocycles. The summed E-state index contributed by atoms with van der Waals surface area (Å²) < 4.78 is 0. The minimum absolute atomic E-state index is 0.0627. The summed E-state index contributed by atoms with van der Waals surface area (Å²) in [6.45, 7) is 6.57. The quantitative estimate of drug-likeness (QED) is 0.911. The molecule has 2 aliphatic heterocycles. The third-order valence-corrected chi connectivity index (χ3v) is 5.47. The second-order valence-corrected chi connectivity index (χ2v) is 7.22. The van der Waals surface area contributed by atoms with E-state index in [9.17, 15) is 9.59 Å². The van der Waals surface area contributed by atoms with Crippen LogP contribution in [0, 0.1) is 12.8 Å². The molecule has 2 saturated heterocycles. The summed E-state index contributed by atoms with van der Waals surface area (Å²) in [6, 6.07) is 4.13. The summed E-state index contributed by atoms with van der Waals surface area (Å²) in [6.07, 6.45) is 2.54. The van der Waals surface area contributed by atoms with Crippen molar-refractivity contribution in [2.45, 2.75) is 39.0 Å². The molecular formula is C19H28N4O2. The maximum absolute atomic E-state index is 12.8. The van der Waals surface area contributed by atoms with Gasteiger partial charge < -0.3 is 15.1 Å². The fourth-order valence-corrected chi connectivity index (χ4v) is 3.95. The molecule has 6 nitrogen and oxygen atoms in total. The molecule has 2 amide bonds. The summed E-state index contributed by atoms with van der Waals surface area (Å²) in [7, 11) is 1.91. The minimum atomic E-state index is 0.0627. The van der Waals surface area contributed by atoms with Gasteiger partial charge in [0.2, 0.25) is 11.8 Å². The van der Waals surface area contributed by atoms with E-state index in [0.29, 0.717) is 19.0 Å². The predicted molar refractivity (Wildman–Crippen MR) is 97.4 cm³/mol. The lowest BCUT2D eigenvalue weighted by Gasteiger charge is -2.32. The van der Waals surface area contributed by atoms with Crippen LogP contribution in [0.25, 0.3) is 0 Å². The number of amides is 2. The molecule has 136 valence electrons. The van der Waals surface area contributed by atoms with Crippen molar-refractivity contribution in [1.29, 1.82) is 0 Å². The first-order chi connectivity index (χ1) is 12.0. The number of hydrogen-bond acceptors (Lipinski definition) is 4. The maximum atomic E-state index is 12.8. The first-order valence-corrected chi connectivity index (χ1v) is 9.18. The van der Waals surface area contributed by atoms with Crippen LogP contribution in [0.5, 0.6) is 0 Å². The van der Waals surface area contributed by atoms with Crippen LogP contribution in [-0.4, -0.2) is 59.8 Å². The molecule has 1 aromatic rings. The highest BCUT2D eigenvalue weighted by Crippen LogP contribution is 2.30. The Hall–Kier alpha value is -2.11. The number of nitrogens with one attached hydrogen (secondary N) is 1. The SMILES string of the molecule is CNc1cc(C)nc([C@@H]2CCN(C(=O)C3CCN(C(C)=O)CC3)C2)c1. The Labute approximate surface area is 149 Å². The number of hydrogen-bond donors (Lipinski definition) is 1. The molecule has 0 unspecified atom stereocenters. The number of likely N-dealkylation sites (tertiary alicyclic amines) is 2. The third kappa shape index (κ3) is 3.94. The van der Waals surface area contributed by atoms with Gasteiger partial charge in [-0.15, -0.1) is 0 Å². The molecule has 3 heterocycles. The van der Waals surface area contributed by atoms with Gasteiger partial charge in [0.25, 0.3) is 0 Å². The van der Waals surface area contributed by atoms with E-state index in [-0.39, 0.29) is 17.7 Å². The normalized spacial score (nSPS) is 21.5. The number of carbonyl (C=O) groups excluding carboxylic acids is 2. The van der Waals surface area contributed by atoms with Crippen LogP contribution < -0.4 is 5.32 Å². The van der Waals surface area contributed by atoms with Crippen LogP contribution in [0.15, 0.2) is 12.1 Å². The zero-order valence-electron chi connectivity index (χ0n) is 15.4. The number of carbonyl (C=O) groups is 2. The number of rotatable bonds is 3. The molecule has 0 spiro atoms. The van der Waals surface area contributed by atoms with Crippen LogP contribution in [0.2, 0.25) is 0 Å². The van der Waals surface area contributed by atoms with Crippen LogP contribution in [0.4, 0.5) is 5.69 Å². The standard InChI is InChI=1S/C19H28N4O2/c1-13-10-17(20-3)11-18(21-13)16-6-9-23(12-16)19(25)15-4-7-22(8-5-15)14(2)24/h10-11,15-16H,4-9,12H2,1-3H3,(H,20,21)/t16-/m1/s1. The Morgan fingerprint density at radius 2 is 1.80 bits per heavy atom. The van der Waals surface area contributed by atoms with Crippen molar-refractivity contribution < 1.29 is 9.59 Å². The van der Waals surface area contributed by atoms with Gasteiger partial charge >= 0.3 is 0 Å². The Morgan fingerprint density at radius 3 is 2.44 bits per heavy atom. The number of nitrogens with zero attached hydrogens (tertiary/aromatic N) is 3. The average molecular weight is 344 g/mol. The van der Waals surface area contributed by atoms with Crippen molar-refractivity contribution in [3.05, 3.63) is 23.5 Å². The molecule has 0 aliphatic carbocycles. The van der Waals surface area contributed by atoms with E-state index in [1.807, 2.05) is 29.8 Å². The zero-order valence-corrected chi connectivity index (χ0v) is 15.4. The first-order valence-electron chi connectivity index (χ1n) is 9.18.